The first-order valence-electron chi connectivity index (χ1n) is 6.65. The lowest BCUT2D eigenvalue weighted by Gasteiger charge is -2.27. The summed E-state index contributed by atoms with van der Waals surface area (Å²) in [5.41, 5.74) is 5.75. The Morgan fingerprint density at radius 2 is 2.24 bits per heavy atom. The second-order valence-electron chi connectivity index (χ2n) is 5.60. The van der Waals surface area contributed by atoms with Gasteiger partial charge in [0.15, 0.2) is 0 Å². The number of carbonyl (C=O) groups is 1. The van der Waals surface area contributed by atoms with Crippen molar-refractivity contribution in [3.63, 3.8) is 0 Å². The van der Waals surface area contributed by atoms with Crippen LogP contribution in [-0.4, -0.2) is 39.2 Å². The topological polar surface area (TPSA) is 101 Å². The Morgan fingerprint density at radius 1 is 1.52 bits per heavy atom. The number of ether oxygens (including phenoxy) is 1. The van der Waals surface area contributed by atoms with Crippen LogP contribution in [0, 0.1) is 0 Å². The zero-order valence-electron chi connectivity index (χ0n) is 12.6. The molecule has 0 aliphatic carbocycles. The average molecular weight is 294 g/mol. The normalized spacial score (nSPS) is 12.0. The molecule has 1 amide bonds. The van der Waals surface area contributed by atoms with E-state index in [2.05, 4.69) is 10.1 Å². The molecule has 0 aliphatic rings. The van der Waals surface area contributed by atoms with Gasteiger partial charge in [-0.15, -0.1) is 0 Å². The molecule has 1 aromatic heterocycles. The van der Waals surface area contributed by atoms with E-state index in [-0.39, 0.29) is 12.3 Å². The van der Waals surface area contributed by atoms with Gasteiger partial charge in [-0.05, 0) is 32.4 Å². The maximum absolute atomic E-state index is 12.2. The molecule has 0 aromatic carbocycles. The van der Waals surface area contributed by atoms with Crippen molar-refractivity contribution in [1.82, 2.24) is 9.88 Å². The second-order valence-corrected chi connectivity index (χ2v) is 5.60. The smallest absolute Gasteiger partial charge is 0.410 e. The fourth-order valence-corrected chi connectivity index (χ4v) is 1.57. The Bertz CT molecular complexity index is 483. The Balaban J connectivity index is 2.76. The van der Waals surface area contributed by atoms with Crippen molar-refractivity contribution in [3.05, 3.63) is 30.1 Å². The van der Waals surface area contributed by atoms with Crippen LogP contribution in [0.5, 0.6) is 0 Å². The molecule has 0 unspecified atom stereocenters. The summed E-state index contributed by atoms with van der Waals surface area (Å²) in [6, 6.07) is 3.67. The van der Waals surface area contributed by atoms with Crippen molar-refractivity contribution < 1.29 is 14.7 Å². The molecular weight excluding hydrogens is 272 g/mol. The van der Waals surface area contributed by atoms with Gasteiger partial charge in [0.2, 0.25) is 0 Å². The van der Waals surface area contributed by atoms with E-state index in [1.807, 2.05) is 6.07 Å². The molecule has 3 N–H and O–H groups in total. The minimum absolute atomic E-state index is 0.0646. The van der Waals surface area contributed by atoms with Gasteiger partial charge in [-0.25, -0.2) is 4.79 Å². The van der Waals surface area contributed by atoms with Crippen molar-refractivity contribution in [2.24, 2.45) is 10.9 Å². The molecule has 116 valence electrons. The summed E-state index contributed by atoms with van der Waals surface area (Å²) in [4.78, 5) is 17.7. The molecule has 0 saturated heterocycles. The fourth-order valence-electron chi connectivity index (χ4n) is 1.57. The van der Waals surface area contributed by atoms with Crippen LogP contribution >= 0.6 is 0 Å². The second kappa shape index (κ2) is 7.47. The molecular formula is C14H22N4O3. The first-order chi connectivity index (χ1) is 9.81. The van der Waals surface area contributed by atoms with E-state index in [0.717, 1.165) is 5.56 Å². The lowest BCUT2D eigenvalue weighted by atomic mass is 10.2. The monoisotopic (exact) mass is 294 g/mol. The Labute approximate surface area is 124 Å². The van der Waals surface area contributed by atoms with E-state index in [1.165, 1.54) is 4.90 Å². The predicted molar refractivity (Wildman–Crippen MR) is 78.9 cm³/mol. The third-order valence-electron chi connectivity index (χ3n) is 2.51. The maximum atomic E-state index is 12.2. The number of amidine groups is 1. The molecule has 21 heavy (non-hydrogen) atoms. The Hall–Kier alpha value is -2.31. The molecule has 0 radical (unpaired) electrons. The predicted octanol–water partition coefficient (Wildman–Crippen LogP) is 1.96. The molecule has 1 aromatic rings. The van der Waals surface area contributed by atoms with Crippen molar-refractivity contribution >= 4 is 11.9 Å². The van der Waals surface area contributed by atoms with Gasteiger partial charge in [-0.2, -0.15) is 0 Å². The highest BCUT2D eigenvalue weighted by atomic mass is 16.6. The van der Waals surface area contributed by atoms with Crippen LogP contribution in [-0.2, 0) is 11.3 Å². The molecule has 0 saturated carbocycles. The summed E-state index contributed by atoms with van der Waals surface area (Å²) in [6.07, 6.45) is 3.16. The zero-order valence-corrected chi connectivity index (χ0v) is 12.6. The molecule has 0 fully saturated rings. The van der Waals surface area contributed by atoms with Gasteiger partial charge in [0.25, 0.3) is 0 Å². The van der Waals surface area contributed by atoms with Crippen molar-refractivity contribution in [1.29, 1.82) is 0 Å². The Morgan fingerprint density at radius 3 is 2.76 bits per heavy atom. The molecule has 0 spiro atoms. The highest BCUT2D eigenvalue weighted by Gasteiger charge is 2.22. The van der Waals surface area contributed by atoms with Gasteiger partial charge in [0.05, 0.1) is 6.54 Å². The maximum Gasteiger partial charge on any atom is 0.410 e. The van der Waals surface area contributed by atoms with Gasteiger partial charge in [-0.3, -0.25) is 4.98 Å². The quantitative estimate of drug-likeness (QED) is 0.374. The summed E-state index contributed by atoms with van der Waals surface area (Å²) in [6.45, 7) is 6.05. The summed E-state index contributed by atoms with van der Waals surface area (Å²) >= 11 is 0. The minimum Gasteiger partial charge on any atom is -0.444 e. The molecule has 7 nitrogen and oxygen atoms in total. The summed E-state index contributed by atoms with van der Waals surface area (Å²) in [5.74, 6) is 0.0646. The van der Waals surface area contributed by atoms with E-state index in [1.54, 1.807) is 39.2 Å². The minimum atomic E-state index is -0.582. The van der Waals surface area contributed by atoms with Gasteiger partial charge in [-0.1, -0.05) is 11.2 Å². The number of hydrogen-bond acceptors (Lipinski definition) is 5. The average Bonchev–Trinajstić information content (AvgIpc) is 2.42. The first-order valence-corrected chi connectivity index (χ1v) is 6.65. The van der Waals surface area contributed by atoms with Gasteiger partial charge in [0.1, 0.15) is 11.4 Å². The van der Waals surface area contributed by atoms with Gasteiger partial charge in [0, 0.05) is 25.4 Å². The molecule has 0 aliphatic heterocycles. The van der Waals surface area contributed by atoms with Crippen LogP contribution in [0.15, 0.2) is 29.7 Å². The molecule has 0 bridgehead atoms. The summed E-state index contributed by atoms with van der Waals surface area (Å²) in [7, 11) is 0. The SMILES string of the molecule is CC(C)(C)OC(=O)N(CCC(N)=NO)Cc1cccnc1. The van der Waals surface area contributed by atoms with E-state index < -0.39 is 11.7 Å². The first kappa shape index (κ1) is 16.7. The summed E-state index contributed by atoms with van der Waals surface area (Å²) in [5, 5.41) is 11.5. The number of amides is 1. The molecule has 0 atom stereocenters. The number of carbonyl (C=O) groups excluding carboxylic acids is 1. The van der Waals surface area contributed by atoms with Crippen molar-refractivity contribution in [3.8, 4) is 0 Å². The van der Waals surface area contributed by atoms with Crippen molar-refractivity contribution in [2.75, 3.05) is 6.54 Å². The Kier molecular flexibility index (Phi) is 5.95. The number of oxime groups is 1. The van der Waals surface area contributed by atoms with Crippen LogP contribution < -0.4 is 5.73 Å². The number of hydrogen-bond donors (Lipinski definition) is 2. The van der Waals surface area contributed by atoms with Crippen LogP contribution in [0.4, 0.5) is 4.79 Å². The number of pyridine rings is 1. The number of rotatable bonds is 5. The third-order valence-corrected chi connectivity index (χ3v) is 2.51. The van der Waals surface area contributed by atoms with Crippen LogP contribution in [0.2, 0.25) is 0 Å². The lowest BCUT2D eigenvalue weighted by Crippen LogP contribution is -2.38. The number of aromatic nitrogens is 1. The molecule has 1 heterocycles. The van der Waals surface area contributed by atoms with E-state index in [0.29, 0.717) is 13.1 Å². The van der Waals surface area contributed by atoms with E-state index >= 15 is 0 Å². The van der Waals surface area contributed by atoms with Crippen molar-refractivity contribution in [2.45, 2.75) is 39.3 Å². The van der Waals surface area contributed by atoms with Crippen LogP contribution in [0.3, 0.4) is 0 Å². The van der Waals surface area contributed by atoms with E-state index in [4.69, 9.17) is 15.7 Å². The number of nitrogens with two attached hydrogens (primary N) is 1. The lowest BCUT2D eigenvalue weighted by molar-refractivity contribution is 0.0238. The molecule has 7 heteroatoms. The number of nitrogens with zero attached hydrogens (tertiary/aromatic N) is 3. The zero-order chi connectivity index (χ0) is 15.9. The van der Waals surface area contributed by atoms with Crippen LogP contribution in [0.25, 0.3) is 0 Å². The highest BCUT2D eigenvalue weighted by molar-refractivity contribution is 5.80. The highest BCUT2D eigenvalue weighted by Crippen LogP contribution is 2.12. The van der Waals surface area contributed by atoms with Gasteiger partial charge < -0.3 is 20.6 Å². The van der Waals surface area contributed by atoms with E-state index in [9.17, 15) is 4.79 Å². The largest absolute Gasteiger partial charge is 0.444 e. The third kappa shape index (κ3) is 6.60. The van der Waals surface area contributed by atoms with Gasteiger partial charge >= 0.3 is 6.09 Å². The summed E-state index contributed by atoms with van der Waals surface area (Å²) < 4.78 is 5.36. The standard InChI is InChI=1S/C14H22N4O3/c1-14(2,3)21-13(19)18(8-6-12(15)17-20)10-11-5-4-7-16-9-11/h4-5,7,9,20H,6,8,10H2,1-3H3,(H2,15,17). The van der Waals surface area contributed by atoms with Crippen LogP contribution in [0.1, 0.15) is 32.8 Å². The fraction of sp³-hybridized carbons (Fsp3) is 0.500. The molecule has 1 rings (SSSR count).